The molecule has 16 heavy (non-hydrogen) atoms. The van der Waals surface area contributed by atoms with E-state index >= 15 is 0 Å². The molecule has 1 saturated heterocycles. The second-order valence-electron chi connectivity index (χ2n) is 5.99. The van der Waals surface area contributed by atoms with Crippen LogP contribution in [0.3, 0.4) is 0 Å². The van der Waals surface area contributed by atoms with Gasteiger partial charge in [-0.15, -0.1) is 6.58 Å². The Morgan fingerprint density at radius 2 is 2.12 bits per heavy atom. The smallest absolute Gasteiger partial charge is 0.228 e. The lowest BCUT2D eigenvalue weighted by molar-refractivity contribution is -0.828. The summed E-state index contributed by atoms with van der Waals surface area (Å²) in [5, 5.41) is 0. The second kappa shape index (κ2) is 4.98. The molecular weight excluding hydrogens is 202 g/mol. The molecule has 0 spiro atoms. The first-order chi connectivity index (χ1) is 7.30. The van der Waals surface area contributed by atoms with Crippen LogP contribution in [-0.4, -0.2) is 17.6 Å². The minimum absolute atomic E-state index is 0.0167. The van der Waals surface area contributed by atoms with Gasteiger partial charge in [-0.05, 0) is 19.8 Å². The van der Waals surface area contributed by atoms with Crippen LogP contribution in [0.1, 0.15) is 47.0 Å². The van der Waals surface area contributed by atoms with Gasteiger partial charge >= 0.3 is 0 Å². The maximum Gasteiger partial charge on any atom is 0.248 e. The predicted molar refractivity (Wildman–Crippen MR) is 65.0 cm³/mol. The Hall–Kier alpha value is -0.860. The van der Waals surface area contributed by atoms with Crippen molar-refractivity contribution in [3.63, 3.8) is 0 Å². The van der Waals surface area contributed by atoms with E-state index < -0.39 is 0 Å². The molecule has 0 aromatic carbocycles. The molecule has 92 valence electrons. The van der Waals surface area contributed by atoms with E-state index in [2.05, 4.69) is 34.3 Å². The molecule has 1 aliphatic heterocycles. The molecule has 3 nitrogen and oxygen atoms in total. The zero-order chi connectivity index (χ0) is 12.3. The number of nitrogens with zero attached hydrogens (tertiary/aromatic N) is 1. The van der Waals surface area contributed by atoms with Crippen molar-refractivity contribution in [1.29, 1.82) is 0 Å². The largest absolute Gasteiger partial charge is 0.248 e. The molecule has 2 unspecified atom stereocenters. The van der Waals surface area contributed by atoms with E-state index in [4.69, 9.17) is 4.84 Å². The van der Waals surface area contributed by atoms with Gasteiger partial charge in [0, 0.05) is 17.8 Å². The van der Waals surface area contributed by atoms with Crippen LogP contribution in [0.25, 0.3) is 0 Å². The van der Waals surface area contributed by atoms with Crippen LogP contribution in [0.4, 0.5) is 0 Å². The highest BCUT2D eigenvalue weighted by atomic mass is 16.8. The van der Waals surface area contributed by atoms with Gasteiger partial charge < -0.3 is 0 Å². The summed E-state index contributed by atoms with van der Waals surface area (Å²) < 4.78 is 0. The molecule has 1 rings (SSSR count). The van der Waals surface area contributed by atoms with Gasteiger partial charge in [0.2, 0.25) is 11.5 Å². The number of hydrogen-bond donors (Lipinski definition) is 0. The van der Waals surface area contributed by atoms with E-state index in [9.17, 15) is 4.91 Å². The fourth-order valence-electron chi connectivity index (χ4n) is 2.28. The molecule has 0 saturated carbocycles. The summed E-state index contributed by atoms with van der Waals surface area (Å²) in [5.41, 5.74) is 1.22. The van der Waals surface area contributed by atoms with Crippen LogP contribution in [-0.2, 0) is 4.84 Å². The summed E-state index contributed by atoms with van der Waals surface area (Å²) >= 11 is 0. The van der Waals surface area contributed by atoms with E-state index in [0.717, 1.165) is 24.2 Å². The summed E-state index contributed by atoms with van der Waals surface area (Å²) in [6, 6.07) is 0. The minimum atomic E-state index is 0.0167. The lowest BCUT2D eigenvalue weighted by atomic mass is 9.77. The summed E-state index contributed by atoms with van der Waals surface area (Å²) in [7, 11) is 0. The maximum atomic E-state index is 11.3. The van der Waals surface area contributed by atoms with Crippen LogP contribution in [0.15, 0.2) is 12.2 Å². The highest BCUT2D eigenvalue weighted by Crippen LogP contribution is 2.35. The average Bonchev–Trinajstić information content (AvgIpc) is 2.14. The first-order valence-corrected chi connectivity index (χ1v) is 6.06. The quantitative estimate of drug-likeness (QED) is 0.689. The molecule has 1 aliphatic rings. The summed E-state index contributed by atoms with van der Waals surface area (Å²) in [4.78, 5) is 17.5. The average molecular weight is 226 g/mol. The van der Waals surface area contributed by atoms with Gasteiger partial charge in [-0.2, -0.15) is 0 Å². The highest BCUT2D eigenvalue weighted by molar-refractivity contribution is 4.91. The molecule has 2 atom stereocenters. The van der Waals surface area contributed by atoms with Crippen molar-refractivity contribution < 1.29 is 9.76 Å². The summed E-state index contributed by atoms with van der Waals surface area (Å²) in [6.45, 7) is 12.9. The van der Waals surface area contributed by atoms with Crippen LogP contribution in [0.2, 0.25) is 0 Å². The fourth-order valence-corrected chi connectivity index (χ4v) is 2.28. The lowest BCUT2D eigenvalue weighted by Gasteiger charge is -2.34. The van der Waals surface area contributed by atoms with E-state index in [1.807, 2.05) is 0 Å². The number of hydrogen-bond acceptors (Lipinski definition) is 2. The normalized spacial score (nSPS) is 26.4. The Labute approximate surface area is 98.4 Å². The molecule has 1 fully saturated rings. The fraction of sp³-hybridized carbons (Fsp3) is 0.846. The molecule has 0 aliphatic carbocycles. The van der Waals surface area contributed by atoms with E-state index in [1.165, 1.54) is 5.57 Å². The Balaban J connectivity index is 2.65. The van der Waals surface area contributed by atoms with Crippen LogP contribution in [0, 0.1) is 16.2 Å². The predicted octanol–water partition coefficient (Wildman–Crippen LogP) is 3.49. The Morgan fingerprint density at radius 3 is 2.62 bits per heavy atom. The molecule has 0 aromatic heterocycles. The van der Waals surface area contributed by atoms with Crippen LogP contribution >= 0.6 is 0 Å². The third kappa shape index (κ3) is 3.62. The molecule has 1 heterocycles. The molecule has 0 N–H and O–H groups in total. The van der Waals surface area contributed by atoms with Crippen molar-refractivity contribution in [3.8, 4) is 0 Å². The summed E-state index contributed by atoms with van der Waals surface area (Å²) in [5.74, 6) is 0.474. The molecule has 0 radical (unpaired) electrons. The minimum Gasteiger partial charge on any atom is -0.228 e. The van der Waals surface area contributed by atoms with Crippen molar-refractivity contribution in [2.75, 3.05) is 6.54 Å². The molecule has 3 heteroatoms. The maximum absolute atomic E-state index is 11.3. The molecule has 0 bridgehead atoms. The standard InChI is InChI=1S/C13H24NO2/c1-10(2)6-7-11-8-9-14(15)16-12(11)13(3,4)5/h11-12H,1,6-9H2,2-5H3/q+1. The molecule has 0 amide bonds. The van der Waals surface area contributed by atoms with Gasteiger partial charge in [-0.1, -0.05) is 26.3 Å². The monoisotopic (exact) mass is 226 g/mol. The van der Waals surface area contributed by atoms with E-state index in [-0.39, 0.29) is 11.5 Å². The van der Waals surface area contributed by atoms with Gasteiger partial charge in [0.05, 0.1) is 4.91 Å². The van der Waals surface area contributed by atoms with Crippen molar-refractivity contribution in [2.45, 2.75) is 53.1 Å². The van der Waals surface area contributed by atoms with Crippen LogP contribution in [0.5, 0.6) is 0 Å². The van der Waals surface area contributed by atoms with Gasteiger partial charge in [0.25, 0.3) is 0 Å². The zero-order valence-corrected chi connectivity index (χ0v) is 11.0. The van der Waals surface area contributed by atoms with Crippen LogP contribution < -0.4 is 0 Å². The molecule has 0 aromatic rings. The van der Waals surface area contributed by atoms with Crippen molar-refractivity contribution >= 4 is 0 Å². The Bertz CT molecular complexity index is 278. The van der Waals surface area contributed by atoms with Gasteiger partial charge in [-0.25, -0.2) is 4.84 Å². The second-order valence-corrected chi connectivity index (χ2v) is 5.99. The lowest BCUT2D eigenvalue weighted by Crippen LogP contribution is -2.43. The topological polar surface area (TPSA) is 29.3 Å². The van der Waals surface area contributed by atoms with Gasteiger partial charge in [-0.3, -0.25) is 0 Å². The van der Waals surface area contributed by atoms with Crippen molar-refractivity contribution in [3.05, 3.63) is 17.1 Å². The SMILES string of the molecule is C=C(C)CCC1CC[N+](=O)OC1C(C)(C)C. The third-order valence-electron chi connectivity index (χ3n) is 3.14. The van der Waals surface area contributed by atoms with E-state index in [0.29, 0.717) is 12.5 Å². The van der Waals surface area contributed by atoms with E-state index in [1.54, 1.807) is 0 Å². The number of rotatable bonds is 3. The van der Waals surface area contributed by atoms with Crippen molar-refractivity contribution in [1.82, 2.24) is 0 Å². The first-order valence-electron chi connectivity index (χ1n) is 6.06. The highest BCUT2D eigenvalue weighted by Gasteiger charge is 2.43. The molecular formula is C13H24NO2+. The summed E-state index contributed by atoms with van der Waals surface area (Å²) in [6.07, 6.45) is 3.06. The Morgan fingerprint density at radius 1 is 1.50 bits per heavy atom. The van der Waals surface area contributed by atoms with Gasteiger partial charge in [0.15, 0.2) is 6.10 Å². The van der Waals surface area contributed by atoms with Crippen molar-refractivity contribution in [2.24, 2.45) is 11.3 Å². The number of allylic oxidation sites excluding steroid dienone is 1. The third-order valence-corrected chi connectivity index (χ3v) is 3.14. The zero-order valence-electron chi connectivity index (χ0n) is 11.0. The first kappa shape index (κ1) is 13.2. The van der Waals surface area contributed by atoms with Gasteiger partial charge in [0.1, 0.15) is 0 Å². The Kier molecular flexibility index (Phi) is 4.11.